The number of thiazole rings is 1. The van der Waals surface area contributed by atoms with Crippen LogP contribution in [0.5, 0.6) is 0 Å². The van der Waals surface area contributed by atoms with E-state index in [4.69, 9.17) is 10.7 Å². The van der Waals surface area contributed by atoms with Gasteiger partial charge in [-0.15, -0.1) is 0 Å². The molecule has 106 valence electrons. The summed E-state index contributed by atoms with van der Waals surface area (Å²) < 4.78 is 0. The molecule has 0 saturated carbocycles. The van der Waals surface area contributed by atoms with Gasteiger partial charge in [-0.1, -0.05) is 41.7 Å². The molecule has 20 heavy (non-hydrogen) atoms. The van der Waals surface area contributed by atoms with Crippen molar-refractivity contribution in [2.45, 2.75) is 13.0 Å². The maximum absolute atomic E-state index is 5.91. The number of nitrogens with zero attached hydrogens (tertiary/aromatic N) is 2. The molecule has 1 saturated heterocycles. The third-order valence-electron chi connectivity index (χ3n) is 3.41. The quantitative estimate of drug-likeness (QED) is 0.945. The number of rotatable bonds is 3. The molecule has 2 N–H and O–H groups in total. The second-order valence-corrected chi connectivity index (χ2v) is 7.08. The lowest BCUT2D eigenvalue weighted by atomic mass is 10.1. The van der Waals surface area contributed by atoms with Crippen LogP contribution in [0.4, 0.5) is 5.13 Å². The molecule has 0 radical (unpaired) electrons. The molecule has 3 rings (SSSR count). The number of nitrogens with two attached hydrogens (primary N) is 1. The maximum Gasteiger partial charge on any atom is 0.186 e. The fourth-order valence-electron chi connectivity index (χ4n) is 2.37. The number of hydrogen-bond acceptors (Lipinski definition) is 5. The zero-order valence-corrected chi connectivity index (χ0v) is 13.1. The van der Waals surface area contributed by atoms with Crippen LogP contribution in [0.2, 0.25) is 0 Å². The van der Waals surface area contributed by atoms with Crippen LogP contribution in [0.15, 0.2) is 30.3 Å². The van der Waals surface area contributed by atoms with E-state index in [-0.39, 0.29) is 0 Å². The highest BCUT2D eigenvalue weighted by molar-refractivity contribution is 7.99. The van der Waals surface area contributed by atoms with E-state index in [0.29, 0.717) is 6.54 Å². The molecular weight excluding hydrogens is 286 g/mol. The van der Waals surface area contributed by atoms with Crippen molar-refractivity contribution in [3.63, 3.8) is 0 Å². The molecule has 1 aromatic carbocycles. The van der Waals surface area contributed by atoms with Crippen molar-refractivity contribution < 1.29 is 0 Å². The number of aromatic nitrogens is 1. The molecule has 2 aromatic rings. The first kappa shape index (κ1) is 13.9. The van der Waals surface area contributed by atoms with Crippen molar-refractivity contribution >= 4 is 28.2 Å². The van der Waals surface area contributed by atoms with Gasteiger partial charge in [0.2, 0.25) is 0 Å². The van der Waals surface area contributed by atoms with E-state index in [1.54, 1.807) is 11.3 Å². The van der Waals surface area contributed by atoms with Crippen LogP contribution < -0.4 is 10.6 Å². The van der Waals surface area contributed by atoms with Gasteiger partial charge in [-0.3, -0.25) is 0 Å². The van der Waals surface area contributed by atoms with Crippen LogP contribution in [0.3, 0.4) is 0 Å². The highest BCUT2D eigenvalue weighted by Crippen LogP contribution is 2.33. The molecule has 0 amide bonds. The monoisotopic (exact) mass is 305 g/mol. The lowest BCUT2D eigenvalue weighted by Gasteiger charge is -2.18. The van der Waals surface area contributed by atoms with Crippen molar-refractivity contribution in [1.29, 1.82) is 0 Å². The highest BCUT2D eigenvalue weighted by atomic mass is 32.2. The van der Waals surface area contributed by atoms with Crippen LogP contribution in [-0.2, 0) is 6.54 Å². The largest absolute Gasteiger partial charge is 0.347 e. The Morgan fingerprint density at radius 2 is 2.00 bits per heavy atom. The normalized spacial score (nSPS) is 16.1. The van der Waals surface area contributed by atoms with Gasteiger partial charge in [-0.2, -0.15) is 11.8 Å². The third kappa shape index (κ3) is 3.00. The molecule has 0 spiro atoms. The summed E-state index contributed by atoms with van der Waals surface area (Å²) in [4.78, 5) is 8.47. The Kier molecular flexibility index (Phi) is 4.60. The first-order valence-corrected chi connectivity index (χ1v) is 8.93. The summed E-state index contributed by atoms with van der Waals surface area (Å²) in [5, 5.41) is 1.13. The van der Waals surface area contributed by atoms with E-state index in [2.05, 4.69) is 29.2 Å². The van der Waals surface area contributed by atoms with Gasteiger partial charge in [0.1, 0.15) is 0 Å². The summed E-state index contributed by atoms with van der Waals surface area (Å²) in [6.07, 6.45) is 1.24. The van der Waals surface area contributed by atoms with E-state index in [1.807, 2.05) is 17.8 Å². The zero-order valence-electron chi connectivity index (χ0n) is 11.4. The van der Waals surface area contributed by atoms with Gasteiger partial charge >= 0.3 is 0 Å². The zero-order chi connectivity index (χ0) is 13.8. The third-order valence-corrected chi connectivity index (χ3v) is 5.60. The smallest absolute Gasteiger partial charge is 0.186 e. The molecule has 1 aliphatic heterocycles. The minimum Gasteiger partial charge on any atom is -0.347 e. The summed E-state index contributed by atoms with van der Waals surface area (Å²) in [6.45, 7) is 2.76. The molecule has 1 aromatic heterocycles. The van der Waals surface area contributed by atoms with Gasteiger partial charge in [0.15, 0.2) is 5.13 Å². The highest BCUT2D eigenvalue weighted by Gasteiger charge is 2.17. The summed E-state index contributed by atoms with van der Waals surface area (Å²) >= 11 is 3.79. The van der Waals surface area contributed by atoms with Gasteiger partial charge in [0.25, 0.3) is 0 Å². The van der Waals surface area contributed by atoms with Crippen molar-refractivity contribution in [2.24, 2.45) is 5.73 Å². The lowest BCUT2D eigenvalue weighted by Crippen LogP contribution is -2.25. The minimum atomic E-state index is 0.560. The molecule has 0 unspecified atom stereocenters. The van der Waals surface area contributed by atoms with E-state index >= 15 is 0 Å². The van der Waals surface area contributed by atoms with E-state index in [1.165, 1.54) is 28.4 Å². The predicted molar refractivity (Wildman–Crippen MR) is 89.6 cm³/mol. The topological polar surface area (TPSA) is 42.1 Å². The molecule has 5 heteroatoms. The van der Waals surface area contributed by atoms with Crippen LogP contribution in [-0.4, -0.2) is 29.6 Å². The second-order valence-electron chi connectivity index (χ2n) is 4.79. The van der Waals surface area contributed by atoms with E-state index in [9.17, 15) is 0 Å². The van der Waals surface area contributed by atoms with Crippen LogP contribution >= 0.6 is 23.1 Å². The van der Waals surface area contributed by atoms with Crippen LogP contribution in [0.25, 0.3) is 11.3 Å². The van der Waals surface area contributed by atoms with Crippen molar-refractivity contribution in [2.75, 3.05) is 29.5 Å². The van der Waals surface area contributed by atoms with Crippen molar-refractivity contribution in [3.05, 3.63) is 35.2 Å². The molecule has 2 heterocycles. The van der Waals surface area contributed by atoms with E-state index in [0.717, 1.165) is 23.9 Å². The van der Waals surface area contributed by atoms with E-state index < -0.39 is 0 Å². The Bertz CT molecular complexity index is 546. The standard InChI is InChI=1S/C15H19N3S2/c16-11-13-14(12-5-2-1-3-6-12)17-15(20-13)18-7-4-9-19-10-8-18/h1-3,5-6H,4,7-11,16H2. The summed E-state index contributed by atoms with van der Waals surface area (Å²) in [6, 6.07) is 10.4. The molecule has 3 nitrogen and oxygen atoms in total. The minimum absolute atomic E-state index is 0.560. The Balaban J connectivity index is 1.92. The van der Waals surface area contributed by atoms with Gasteiger partial charge in [-0.05, 0) is 12.2 Å². The molecule has 0 bridgehead atoms. The van der Waals surface area contributed by atoms with Crippen molar-refractivity contribution in [3.8, 4) is 11.3 Å². The number of hydrogen-bond donors (Lipinski definition) is 1. The van der Waals surface area contributed by atoms with Crippen LogP contribution in [0.1, 0.15) is 11.3 Å². The average Bonchev–Trinajstić information content (AvgIpc) is 2.75. The molecule has 0 atom stereocenters. The van der Waals surface area contributed by atoms with Gasteiger partial charge in [0.05, 0.1) is 5.69 Å². The molecular formula is C15H19N3S2. The fraction of sp³-hybridized carbons (Fsp3) is 0.400. The average molecular weight is 305 g/mol. The summed E-state index contributed by atoms with van der Waals surface area (Å²) in [5.74, 6) is 2.45. The van der Waals surface area contributed by atoms with Gasteiger partial charge in [0, 0.05) is 35.8 Å². The Morgan fingerprint density at radius 3 is 2.80 bits per heavy atom. The number of thioether (sulfide) groups is 1. The molecule has 1 aliphatic rings. The lowest BCUT2D eigenvalue weighted by molar-refractivity contribution is 0.812. The maximum atomic E-state index is 5.91. The molecule has 0 aliphatic carbocycles. The van der Waals surface area contributed by atoms with Gasteiger partial charge < -0.3 is 10.6 Å². The molecule has 1 fully saturated rings. The Morgan fingerprint density at radius 1 is 1.15 bits per heavy atom. The first-order chi connectivity index (χ1) is 9.88. The fourth-order valence-corrected chi connectivity index (χ4v) is 4.27. The number of anilines is 1. The number of benzene rings is 1. The summed E-state index contributed by atoms with van der Waals surface area (Å²) in [7, 11) is 0. The summed E-state index contributed by atoms with van der Waals surface area (Å²) in [5.41, 5.74) is 8.14. The van der Waals surface area contributed by atoms with Crippen LogP contribution in [0, 0.1) is 0 Å². The predicted octanol–water partition coefficient (Wildman–Crippen LogP) is 3.21. The van der Waals surface area contributed by atoms with Crippen molar-refractivity contribution in [1.82, 2.24) is 4.98 Å². The second kappa shape index (κ2) is 6.61. The SMILES string of the molecule is NCc1sc(N2CCCSCC2)nc1-c1ccccc1. The Hall–Kier alpha value is -1.04. The Labute approximate surface area is 128 Å². The van der Waals surface area contributed by atoms with Gasteiger partial charge in [-0.25, -0.2) is 4.98 Å². The first-order valence-electron chi connectivity index (χ1n) is 6.96.